The monoisotopic (exact) mass is 222 g/mol. The highest BCUT2D eigenvalue weighted by Crippen LogP contribution is 2.19. The van der Waals surface area contributed by atoms with Crippen LogP contribution in [0, 0.1) is 0 Å². The molecule has 0 aromatic carbocycles. The molecule has 2 rings (SSSR count). The number of rotatable bonds is 4. The van der Waals surface area contributed by atoms with Gasteiger partial charge in [0.15, 0.2) is 0 Å². The van der Waals surface area contributed by atoms with E-state index in [1.54, 1.807) is 0 Å². The molecular formula is C13H22N2O. The van der Waals surface area contributed by atoms with E-state index in [-0.39, 0.29) is 11.9 Å². The van der Waals surface area contributed by atoms with Crippen LogP contribution < -0.4 is 10.6 Å². The zero-order valence-corrected chi connectivity index (χ0v) is 9.93. The third-order valence-electron chi connectivity index (χ3n) is 3.51. The lowest BCUT2D eigenvalue weighted by Crippen LogP contribution is -2.40. The molecule has 0 unspecified atom stereocenters. The topological polar surface area (TPSA) is 41.1 Å². The average Bonchev–Trinajstić information content (AvgIpc) is 2.84. The molecule has 1 fully saturated rings. The van der Waals surface area contributed by atoms with Crippen LogP contribution in [0.3, 0.4) is 0 Å². The first-order valence-electron chi connectivity index (χ1n) is 6.55. The van der Waals surface area contributed by atoms with E-state index in [0.29, 0.717) is 0 Å². The summed E-state index contributed by atoms with van der Waals surface area (Å²) in [6.07, 6.45) is 10.6. The second-order valence-corrected chi connectivity index (χ2v) is 4.80. The van der Waals surface area contributed by atoms with Gasteiger partial charge in [-0.25, -0.2) is 0 Å². The van der Waals surface area contributed by atoms with E-state index in [1.165, 1.54) is 31.3 Å². The lowest BCUT2D eigenvalue weighted by atomic mass is 9.97. The van der Waals surface area contributed by atoms with Crippen molar-refractivity contribution in [2.24, 2.45) is 0 Å². The van der Waals surface area contributed by atoms with Gasteiger partial charge in [-0.15, -0.1) is 0 Å². The van der Waals surface area contributed by atoms with Crippen LogP contribution in [0.5, 0.6) is 0 Å². The number of amides is 1. The maximum Gasteiger partial charge on any atom is 0.237 e. The van der Waals surface area contributed by atoms with Crippen LogP contribution in [-0.2, 0) is 4.79 Å². The summed E-state index contributed by atoms with van der Waals surface area (Å²) < 4.78 is 0. The van der Waals surface area contributed by atoms with Crippen molar-refractivity contribution in [3.8, 4) is 0 Å². The summed E-state index contributed by atoms with van der Waals surface area (Å²) in [6.45, 7) is 1.80. The standard InChI is InChI=1S/C13H22N2O/c16-13(12-7-4-9-14-12)15-10-8-11-5-2-1-3-6-11/h5,12,14H,1-4,6-10H2,(H,15,16)/t12-/m1/s1. The molecule has 1 atom stereocenters. The van der Waals surface area contributed by atoms with Gasteiger partial charge in [-0.1, -0.05) is 11.6 Å². The van der Waals surface area contributed by atoms with Crippen molar-refractivity contribution < 1.29 is 4.79 Å². The minimum atomic E-state index is 0.0698. The minimum absolute atomic E-state index is 0.0698. The Morgan fingerprint density at radius 1 is 1.44 bits per heavy atom. The number of hydrogen-bond donors (Lipinski definition) is 2. The van der Waals surface area contributed by atoms with Crippen molar-refractivity contribution >= 4 is 5.91 Å². The van der Waals surface area contributed by atoms with Gasteiger partial charge in [-0.2, -0.15) is 0 Å². The summed E-state index contributed by atoms with van der Waals surface area (Å²) in [5, 5.41) is 6.25. The molecule has 2 N–H and O–H groups in total. The molecular weight excluding hydrogens is 200 g/mol. The SMILES string of the molecule is O=C(NCCC1=CCCCC1)[C@H]1CCCN1. The molecule has 1 amide bonds. The van der Waals surface area contributed by atoms with Crippen LogP contribution in [0.4, 0.5) is 0 Å². The normalized spacial score (nSPS) is 25.2. The van der Waals surface area contributed by atoms with E-state index in [9.17, 15) is 4.79 Å². The predicted octanol–water partition coefficient (Wildman–Crippen LogP) is 1.75. The third kappa shape index (κ3) is 3.34. The van der Waals surface area contributed by atoms with Gasteiger partial charge in [-0.05, 0) is 51.5 Å². The van der Waals surface area contributed by atoms with Crippen LogP contribution in [0.25, 0.3) is 0 Å². The molecule has 1 aliphatic carbocycles. The molecule has 0 radical (unpaired) electrons. The van der Waals surface area contributed by atoms with Gasteiger partial charge in [-0.3, -0.25) is 4.79 Å². The second-order valence-electron chi connectivity index (χ2n) is 4.80. The molecule has 0 saturated carbocycles. The van der Waals surface area contributed by atoms with Crippen LogP contribution in [0.2, 0.25) is 0 Å². The summed E-state index contributed by atoms with van der Waals surface area (Å²) in [4.78, 5) is 11.7. The number of nitrogens with one attached hydrogen (secondary N) is 2. The summed E-state index contributed by atoms with van der Waals surface area (Å²) in [6, 6.07) is 0.0698. The van der Waals surface area contributed by atoms with Crippen molar-refractivity contribution in [2.45, 2.75) is 51.0 Å². The van der Waals surface area contributed by atoms with E-state index in [0.717, 1.165) is 32.4 Å². The maximum absolute atomic E-state index is 11.7. The van der Waals surface area contributed by atoms with Crippen LogP contribution >= 0.6 is 0 Å². The number of allylic oxidation sites excluding steroid dienone is 1. The second kappa shape index (κ2) is 6.04. The van der Waals surface area contributed by atoms with Crippen molar-refractivity contribution in [3.63, 3.8) is 0 Å². The van der Waals surface area contributed by atoms with Gasteiger partial charge >= 0.3 is 0 Å². The van der Waals surface area contributed by atoms with Crippen molar-refractivity contribution in [3.05, 3.63) is 11.6 Å². The zero-order chi connectivity index (χ0) is 11.2. The summed E-state index contributed by atoms with van der Waals surface area (Å²) >= 11 is 0. The molecule has 90 valence electrons. The van der Waals surface area contributed by atoms with E-state index >= 15 is 0 Å². The van der Waals surface area contributed by atoms with Gasteiger partial charge in [0, 0.05) is 6.54 Å². The Balaban J connectivity index is 1.63. The molecule has 1 aliphatic heterocycles. The molecule has 1 saturated heterocycles. The van der Waals surface area contributed by atoms with Gasteiger partial charge < -0.3 is 10.6 Å². The van der Waals surface area contributed by atoms with E-state index in [2.05, 4.69) is 16.7 Å². The molecule has 3 heteroatoms. The van der Waals surface area contributed by atoms with Gasteiger partial charge in [0.2, 0.25) is 5.91 Å². The van der Waals surface area contributed by atoms with E-state index < -0.39 is 0 Å². The Morgan fingerprint density at radius 3 is 3.06 bits per heavy atom. The first-order chi connectivity index (χ1) is 7.86. The quantitative estimate of drug-likeness (QED) is 0.711. The van der Waals surface area contributed by atoms with Gasteiger partial charge in [0.25, 0.3) is 0 Å². The van der Waals surface area contributed by atoms with Crippen molar-refractivity contribution in [1.29, 1.82) is 0 Å². The van der Waals surface area contributed by atoms with Crippen LogP contribution in [0.15, 0.2) is 11.6 Å². The number of carbonyl (C=O) groups excluding carboxylic acids is 1. The molecule has 0 aromatic heterocycles. The van der Waals surface area contributed by atoms with Gasteiger partial charge in [0.05, 0.1) is 6.04 Å². The average molecular weight is 222 g/mol. The zero-order valence-electron chi connectivity index (χ0n) is 9.93. The fourth-order valence-corrected chi connectivity index (χ4v) is 2.51. The molecule has 1 heterocycles. The third-order valence-corrected chi connectivity index (χ3v) is 3.51. The van der Waals surface area contributed by atoms with E-state index in [4.69, 9.17) is 0 Å². The Bertz CT molecular complexity index is 267. The molecule has 0 spiro atoms. The fraction of sp³-hybridized carbons (Fsp3) is 0.769. The van der Waals surface area contributed by atoms with Crippen LogP contribution in [-0.4, -0.2) is 25.0 Å². The fourth-order valence-electron chi connectivity index (χ4n) is 2.51. The number of carbonyl (C=O) groups is 1. The highest BCUT2D eigenvalue weighted by atomic mass is 16.2. The molecule has 0 bridgehead atoms. The molecule has 3 nitrogen and oxygen atoms in total. The number of hydrogen-bond acceptors (Lipinski definition) is 2. The van der Waals surface area contributed by atoms with Crippen molar-refractivity contribution in [2.75, 3.05) is 13.1 Å². The Morgan fingerprint density at radius 2 is 2.38 bits per heavy atom. The highest BCUT2D eigenvalue weighted by Gasteiger charge is 2.21. The Hall–Kier alpha value is -0.830. The summed E-state index contributed by atoms with van der Waals surface area (Å²) in [7, 11) is 0. The van der Waals surface area contributed by atoms with Crippen LogP contribution in [0.1, 0.15) is 44.9 Å². The van der Waals surface area contributed by atoms with Gasteiger partial charge in [0.1, 0.15) is 0 Å². The maximum atomic E-state index is 11.7. The molecule has 2 aliphatic rings. The smallest absolute Gasteiger partial charge is 0.237 e. The lowest BCUT2D eigenvalue weighted by molar-refractivity contribution is -0.122. The first kappa shape index (κ1) is 11.6. The largest absolute Gasteiger partial charge is 0.354 e. The summed E-state index contributed by atoms with van der Waals surface area (Å²) in [5.41, 5.74) is 1.53. The van der Waals surface area contributed by atoms with Crippen molar-refractivity contribution in [1.82, 2.24) is 10.6 Å². The predicted molar refractivity (Wildman–Crippen MR) is 65.2 cm³/mol. The Kier molecular flexibility index (Phi) is 4.40. The highest BCUT2D eigenvalue weighted by molar-refractivity contribution is 5.81. The minimum Gasteiger partial charge on any atom is -0.354 e. The Labute approximate surface area is 97.7 Å². The summed E-state index contributed by atoms with van der Waals surface area (Å²) in [5.74, 6) is 0.189. The lowest BCUT2D eigenvalue weighted by Gasteiger charge is -2.14. The first-order valence-corrected chi connectivity index (χ1v) is 6.55. The molecule has 0 aromatic rings. The van der Waals surface area contributed by atoms with E-state index in [1.807, 2.05) is 0 Å². The molecule has 16 heavy (non-hydrogen) atoms.